The molecule has 0 bridgehead atoms. The van der Waals surface area contributed by atoms with Gasteiger partial charge in [-0.15, -0.1) is 47.5 Å². The number of rotatable bonds is 10. The van der Waals surface area contributed by atoms with Crippen LogP contribution >= 0.6 is 47.1 Å². The Hall–Kier alpha value is -5.59. The molecule has 2 aromatic carbocycles. The molecule has 2 aromatic heterocycles. The van der Waals surface area contributed by atoms with Gasteiger partial charge < -0.3 is 37.4 Å². The maximum absolute atomic E-state index is 10.8. The normalized spacial score (nSPS) is 14.4. The summed E-state index contributed by atoms with van der Waals surface area (Å²) in [5.74, 6) is -2.14. The molecule has 3 N–H and O–H groups in total. The molecule has 1 radical (unpaired) electrons. The van der Waals surface area contributed by atoms with Gasteiger partial charge in [-0.25, -0.2) is 9.59 Å². The molecule has 0 fully saturated rings. The Morgan fingerprint density at radius 2 is 1.32 bits per heavy atom. The molecule has 10 nitrogen and oxygen atoms in total. The van der Waals surface area contributed by atoms with Gasteiger partial charge in [0, 0.05) is 31.3 Å². The molecule has 4 aromatic rings. The van der Waals surface area contributed by atoms with Gasteiger partial charge in [-0.2, -0.15) is 16.0 Å². The minimum atomic E-state index is -1.07. The number of hydrogen-bond donors (Lipinski definition) is 2. The minimum Gasteiger partial charge on any atom is -0.753 e. The van der Waals surface area contributed by atoms with Crippen molar-refractivity contribution in [3.8, 4) is 20.9 Å². The molecule has 0 spiro atoms. The summed E-state index contributed by atoms with van der Waals surface area (Å²) >= 11 is 11.1. The Morgan fingerprint density at radius 1 is 0.806 bits per heavy atom. The average molecular weight is 983 g/mol. The fourth-order valence-electron chi connectivity index (χ4n) is 5.99. The quantitative estimate of drug-likeness (QED) is 0.0689. The molecule has 62 heavy (non-hydrogen) atoms. The number of thiocarbonyl (C=S) groups is 2. The molecule has 1 atom stereocenters. The first-order chi connectivity index (χ1) is 29.4. The summed E-state index contributed by atoms with van der Waals surface area (Å²) < 4.78 is 0. The summed E-state index contributed by atoms with van der Waals surface area (Å²) in [6.07, 6.45) is 15.0. The number of carbonyl (C=O) groups is 2. The van der Waals surface area contributed by atoms with Crippen LogP contribution in [0.25, 0.3) is 59.2 Å². The molecule has 0 aliphatic carbocycles. The fourth-order valence-corrected chi connectivity index (χ4v) is 8.02. The maximum Gasteiger partial charge on any atom is 5.00 e. The first-order valence-electron chi connectivity index (χ1n) is 18.7. The smallest absolute Gasteiger partial charge is 0.753 e. The molecule has 0 saturated carbocycles. The molecule has 1 unspecified atom stereocenters. The van der Waals surface area contributed by atoms with Crippen LogP contribution in [0.2, 0.25) is 0 Å². The molecular formula is C47H41N6O4RuS4. The van der Waals surface area contributed by atoms with Crippen molar-refractivity contribution in [1.82, 2.24) is 0 Å². The van der Waals surface area contributed by atoms with E-state index in [1.807, 2.05) is 28.9 Å². The minimum absolute atomic E-state index is 0. The number of nitrogens with one attached hydrogen (secondary N) is 1. The molecule has 15 heteroatoms. The van der Waals surface area contributed by atoms with Crippen LogP contribution < -0.4 is 0 Å². The van der Waals surface area contributed by atoms with Crippen LogP contribution in [0.4, 0.5) is 0 Å². The van der Waals surface area contributed by atoms with Gasteiger partial charge in [-0.1, -0.05) is 114 Å². The number of carboxylic acid groups (broad SMARTS) is 2. The molecule has 0 amide bonds. The van der Waals surface area contributed by atoms with Gasteiger partial charge in [-0.3, -0.25) is 4.99 Å². The first-order valence-corrected chi connectivity index (χ1v) is 21.2. The van der Waals surface area contributed by atoms with Crippen LogP contribution in [0, 0.1) is 13.8 Å². The van der Waals surface area contributed by atoms with Crippen molar-refractivity contribution in [3.05, 3.63) is 192 Å². The van der Waals surface area contributed by atoms with Gasteiger partial charge >= 0.3 is 31.4 Å². The molecular weight excluding hydrogens is 942 g/mol. The third kappa shape index (κ3) is 15.1. The zero-order valence-corrected chi connectivity index (χ0v) is 38.9. The van der Waals surface area contributed by atoms with Crippen molar-refractivity contribution >= 4 is 86.7 Å². The molecule has 3 aliphatic rings. The first kappa shape index (κ1) is 50.8. The number of aryl methyl sites for hydroxylation is 2. The average Bonchev–Trinajstić information content (AvgIpc) is 3.90. The molecule has 315 valence electrons. The predicted octanol–water partition coefficient (Wildman–Crippen LogP) is 12.9. The van der Waals surface area contributed by atoms with Crippen molar-refractivity contribution in [2.45, 2.75) is 33.2 Å². The zero-order valence-electron chi connectivity index (χ0n) is 33.9. The van der Waals surface area contributed by atoms with E-state index in [1.54, 1.807) is 6.92 Å². The van der Waals surface area contributed by atoms with E-state index in [1.165, 1.54) is 81.5 Å². The number of thiophene rings is 2. The summed E-state index contributed by atoms with van der Waals surface area (Å²) in [4.78, 5) is 31.3. The third-order valence-electron chi connectivity index (χ3n) is 9.14. The topological polar surface area (TPSA) is 184 Å². The standard InChI is InChI=1S/C33H27N2S2.C12H14N2O4.2CNS.Ru/c1-22-3-7-24(8-4-22)30-11-13-32(36-30)26-15-17-34-21-28(19-26)29-20-27(16-18-35-29)33-14-12-31(37-33)25-9-5-23(2)6-10-25;1-2-7(11(15)16)5-9(13)10-6-8(12(17)18)3-4-14-10;2*2-1-3;/h3-17,19-20H,18,21H2,1-2H3;2-3,6,9,13H,4-5H2,1H3,(H,15,16)(H,17,18);;;/q-1;-2;2*-1;+5/b;7-2+;;;. The SMILES string of the molecule is C/C=C(\CC([NH-])C1=CC(C(=O)O)=CC[N-]1)C(=O)O.Cc1ccc(-c2ccc(C3=CC=NCC(C4=CC(c5ccc(-c6ccc(C)cc6)s5)=CC[N-]4)=C3)s2)cc1.[N-]=C=S.[N-]=C=S.[Ru+5]. The second-order valence-corrected chi connectivity index (χ2v) is 15.8. The summed E-state index contributed by atoms with van der Waals surface area (Å²) in [7, 11) is 0. The van der Waals surface area contributed by atoms with E-state index in [2.05, 4.69) is 146 Å². The van der Waals surface area contributed by atoms with Crippen LogP contribution in [-0.4, -0.2) is 64.4 Å². The van der Waals surface area contributed by atoms with Crippen LogP contribution in [-0.2, 0) is 29.1 Å². The van der Waals surface area contributed by atoms with E-state index in [0.717, 1.165) is 11.3 Å². The second-order valence-electron chi connectivity index (χ2n) is 13.3. The van der Waals surface area contributed by atoms with Crippen molar-refractivity contribution in [1.29, 1.82) is 0 Å². The van der Waals surface area contributed by atoms with Crippen molar-refractivity contribution in [3.63, 3.8) is 0 Å². The molecule has 0 saturated heterocycles. The monoisotopic (exact) mass is 983 g/mol. The van der Waals surface area contributed by atoms with Crippen LogP contribution in [0.15, 0.2) is 148 Å². The second kappa shape index (κ2) is 26.0. The Bertz CT molecular complexity index is 2520. The van der Waals surface area contributed by atoms with Crippen molar-refractivity contribution in [2.75, 3.05) is 19.6 Å². The number of isothiocyanates is 2. The van der Waals surface area contributed by atoms with E-state index in [-0.39, 0.29) is 43.6 Å². The number of nitrogens with zero attached hydrogens (tertiary/aromatic N) is 5. The zero-order chi connectivity index (χ0) is 44.3. The van der Waals surface area contributed by atoms with Gasteiger partial charge in [0.25, 0.3) is 0 Å². The van der Waals surface area contributed by atoms with Gasteiger partial charge in [-0.05, 0) is 91.5 Å². The van der Waals surface area contributed by atoms with E-state index in [0.29, 0.717) is 18.8 Å². The summed E-state index contributed by atoms with van der Waals surface area (Å²) in [5.41, 5.74) is 18.1. The number of carboxylic acids is 2. The van der Waals surface area contributed by atoms with Gasteiger partial charge in [0.05, 0.1) is 12.1 Å². The van der Waals surface area contributed by atoms with Crippen LogP contribution in [0.5, 0.6) is 0 Å². The van der Waals surface area contributed by atoms with Crippen LogP contribution in [0.3, 0.4) is 0 Å². The number of allylic oxidation sites excluding steroid dienone is 6. The third-order valence-corrected chi connectivity index (χ3v) is 11.5. The van der Waals surface area contributed by atoms with Crippen molar-refractivity contribution < 1.29 is 39.3 Å². The number of hydrogen-bond acceptors (Lipinski definition) is 7. The Balaban J connectivity index is 0.000000345. The Labute approximate surface area is 393 Å². The van der Waals surface area contributed by atoms with E-state index in [4.69, 9.17) is 32.1 Å². The van der Waals surface area contributed by atoms with E-state index < -0.39 is 18.0 Å². The number of aliphatic carboxylic acids is 2. The number of aliphatic imine (C=N–C) groups is 1. The van der Waals surface area contributed by atoms with Crippen LogP contribution in [0.1, 0.15) is 34.2 Å². The Kier molecular flexibility index (Phi) is 21.3. The summed E-state index contributed by atoms with van der Waals surface area (Å²) in [6, 6.07) is 25.5. The van der Waals surface area contributed by atoms with Gasteiger partial charge in [0.15, 0.2) is 0 Å². The molecule has 3 aliphatic heterocycles. The van der Waals surface area contributed by atoms with Crippen molar-refractivity contribution in [2.24, 2.45) is 4.99 Å². The fraction of sp³-hybridized carbons (Fsp3) is 0.170. The summed E-state index contributed by atoms with van der Waals surface area (Å²) in [5, 5.41) is 43.5. The molecule has 5 heterocycles. The van der Waals surface area contributed by atoms with E-state index in [9.17, 15) is 9.59 Å². The predicted molar refractivity (Wildman–Crippen MR) is 261 cm³/mol. The Morgan fingerprint density at radius 3 is 1.84 bits per heavy atom. The maximum atomic E-state index is 10.8. The van der Waals surface area contributed by atoms with Gasteiger partial charge in [0.1, 0.15) is 0 Å². The summed E-state index contributed by atoms with van der Waals surface area (Å²) in [6.45, 7) is 7.37. The van der Waals surface area contributed by atoms with Gasteiger partial charge in [0.2, 0.25) is 0 Å². The van der Waals surface area contributed by atoms with E-state index >= 15 is 0 Å². The number of benzene rings is 2. The largest absolute Gasteiger partial charge is 5.00 e. The molecule has 7 rings (SSSR count).